The molecule has 0 aliphatic heterocycles. The fourth-order valence-electron chi connectivity index (χ4n) is 5.64. The SMILES string of the molecule is CC/C=C\C/C=C\C/C=C\C/C=C\CCCCCCCCC(=O)OC(/C=C\C/C=C\C/C=C\CC)CCCCCCCCC(=O)NCC(=O)NC(CO)C(=O)O. The molecule has 2 atom stereocenters. The minimum absolute atomic E-state index is 0.120. The molecule has 0 spiro atoms. The van der Waals surface area contributed by atoms with Crippen LogP contribution in [-0.2, 0) is 23.9 Å². The van der Waals surface area contributed by atoms with Crippen LogP contribution >= 0.6 is 0 Å². The number of carboxylic acid groups (broad SMARTS) is 1. The Morgan fingerprint density at radius 3 is 1.55 bits per heavy atom. The van der Waals surface area contributed by atoms with Gasteiger partial charge in [-0.1, -0.05) is 144 Å². The molecule has 0 saturated carbocycles. The van der Waals surface area contributed by atoms with E-state index >= 15 is 0 Å². The fraction of sp³-hybridized carbons (Fsp3) is 0.617. The monoisotopic (exact) mass is 781 g/mol. The molecule has 0 aromatic carbocycles. The van der Waals surface area contributed by atoms with E-state index in [1.165, 1.54) is 19.3 Å². The van der Waals surface area contributed by atoms with Crippen LogP contribution in [0.4, 0.5) is 0 Å². The Kier molecular flexibility index (Phi) is 37.8. The second-order valence-electron chi connectivity index (χ2n) is 14.0. The summed E-state index contributed by atoms with van der Waals surface area (Å²) in [5, 5.41) is 22.5. The number of carbonyl (C=O) groups excluding carboxylic acids is 3. The molecule has 0 fully saturated rings. The molecule has 0 aliphatic carbocycles. The number of ether oxygens (including phenoxy) is 1. The van der Waals surface area contributed by atoms with Gasteiger partial charge in [-0.15, -0.1) is 0 Å². The molecule has 2 amide bonds. The maximum Gasteiger partial charge on any atom is 0.328 e. The van der Waals surface area contributed by atoms with Gasteiger partial charge >= 0.3 is 11.9 Å². The van der Waals surface area contributed by atoms with Gasteiger partial charge in [0.2, 0.25) is 11.8 Å². The highest BCUT2D eigenvalue weighted by Gasteiger charge is 2.18. The van der Waals surface area contributed by atoms with E-state index in [0.717, 1.165) is 109 Å². The summed E-state index contributed by atoms with van der Waals surface area (Å²) >= 11 is 0. The van der Waals surface area contributed by atoms with Gasteiger partial charge in [0.05, 0.1) is 13.2 Å². The van der Waals surface area contributed by atoms with E-state index in [0.29, 0.717) is 12.8 Å². The van der Waals surface area contributed by atoms with E-state index in [-0.39, 0.29) is 30.9 Å². The van der Waals surface area contributed by atoms with Crippen molar-refractivity contribution in [2.75, 3.05) is 13.2 Å². The van der Waals surface area contributed by atoms with Crippen molar-refractivity contribution in [1.29, 1.82) is 0 Å². The zero-order chi connectivity index (χ0) is 41.2. The summed E-state index contributed by atoms with van der Waals surface area (Å²) in [6.07, 6.45) is 52.1. The van der Waals surface area contributed by atoms with Crippen molar-refractivity contribution >= 4 is 23.8 Å². The molecule has 4 N–H and O–H groups in total. The number of aliphatic hydroxyl groups is 1. The molecule has 0 saturated heterocycles. The third-order valence-corrected chi connectivity index (χ3v) is 8.87. The van der Waals surface area contributed by atoms with E-state index in [4.69, 9.17) is 14.9 Å². The Morgan fingerprint density at radius 2 is 1.02 bits per heavy atom. The van der Waals surface area contributed by atoms with Gasteiger partial charge in [0.15, 0.2) is 0 Å². The Bertz CT molecular complexity index is 1210. The zero-order valence-electron chi connectivity index (χ0n) is 34.9. The van der Waals surface area contributed by atoms with Gasteiger partial charge in [0.1, 0.15) is 12.1 Å². The lowest BCUT2D eigenvalue weighted by atomic mass is 10.1. The number of aliphatic hydroxyl groups excluding tert-OH is 1. The molecule has 2 unspecified atom stereocenters. The van der Waals surface area contributed by atoms with E-state index in [2.05, 4.69) is 103 Å². The van der Waals surface area contributed by atoms with Crippen LogP contribution in [0, 0.1) is 0 Å². The molecule has 0 aromatic heterocycles. The van der Waals surface area contributed by atoms with Gasteiger partial charge in [-0.05, 0) is 89.5 Å². The first-order valence-electron chi connectivity index (χ1n) is 21.5. The van der Waals surface area contributed by atoms with Crippen LogP contribution < -0.4 is 10.6 Å². The van der Waals surface area contributed by atoms with Crippen LogP contribution in [0.5, 0.6) is 0 Å². The number of hydrogen-bond donors (Lipinski definition) is 4. The summed E-state index contributed by atoms with van der Waals surface area (Å²) in [4.78, 5) is 47.4. The number of hydrogen-bond acceptors (Lipinski definition) is 6. The molecular weight excluding hydrogens is 705 g/mol. The number of nitrogens with one attached hydrogen (secondary N) is 2. The summed E-state index contributed by atoms with van der Waals surface area (Å²) < 4.78 is 5.90. The van der Waals surface area contributed by atoms with Crippen LogP contribution in [0.1, 0.15) is 162 Å². The van der Waals surface area contributed by atoms with E-state index in [1.807, 2.05) is 6.08 Å². The standard InChI is InChI=1S/C47H76N2O7/c1-3-5-7-9-11-13-14-15-16-17-18-19-20-21-22-23-25-31-35-39-46(53)56-42(36-32-28-24-12-10-8-6-4-2)37-33-29-26-27-30-34-38-44(51)48-40-45(52)49-43(41-50)47(54)55/h5-8,11-13,15-16,18-19,24,32,36,42-43,50H,3-4,9-10,14,17,20-23,25-31,33-35,37-41H2,1-2H3,(H,48,51)(H,49,52)(H,54,55)/b7-5-,8-6-,13-11-,16-15-,19-18-,24-12-,36-32-. The van der Waals surface area contributed by atoms with Gasteiger partial charge in [0, 0.05) is 12.8 Å². The normalized spacial score (nSPS) is 13.3. The Hall–Kier alpha value is -3.98. The Morgan fingerprint density at radius 1 is 0.554 bits per heavy atom. The minimum Gasteiger partial charge on any atom is -0.480 e. The molecule has 0 rings (SSSR count). The number of amides is 2. The number of unbranched alkanes of at least 4 members (excludes halogenated alkanes) is 11. The lowest BCUT2D eigenvalue weighted by molar-refractivity contribution is -0.147. The molecule has 56 heavy (non-hydrogen) atoms. The summed E-state index contributed by atoms with van der Waals surface area (Å²) in [5.74, 6) is -2.39. The number of esters is 1. The first-order chi connectivity index (χ1) is 27.3. The number of aliphatic carboxylic acids is 1. The zero-order valence-corrected chi connectivity index (χ0v) is 34.9. The van der Waals surface area contributed by atoms with Crippen LogP contribution in [0.25, 0.3) is 0 Å². The quantitative estimate of drug-likeness (QED) is 0.0279. The topological polar surface area (TPSA) is 142 Å². The van der Waals surface area contributed by atoms with Gasteiger partial charge in [0.25, 0.3) is 0 Å². The Balaban J connectivity index is 4.28. The predicted molar refractivity (Wildman–Crippen MR) is 231 cm³/mol. The van der Waals surface area contributed by atoms with E-state index < -0.39 is 24.5 Å². The van der Waals surface area contributed by atoms with E-state index in [1.54, 1.807) is 0 Å². The van der Waals surface area contributed by atoms with Crippen molar-refractivity contribution in [3.05, 3.63) is 85.1 Å². The molecule has 0 aliphatic rings. The smallest absolute Gasteiger partial charge is 0.328 e. The molecule has 0 heterocycles. The van der Waals surface area contributed by atoms with Gasteiger partial charge in [-0.3, -0.25) is 14.4 Å². The highest BCUT2D eigenvalue weighted by Crippen LogP contribution is 2.15. The second-order valence-corrected chi connectivity index (χ2v) is 14.0. The van der Waals surface area contributed by atoms with Crippen molar-refractivity contribution in [3.63, 3.8) is 0 Å². The maximum absolute atomic E-state index is 12.7. The number of carbonyl (C=O) groups is 4. The summed E-state index contributed by atoms with van der Waals surface area (Å²) in [5.41, 5.74) is 0. The van der Waals surface area contributed by atoms with Gasteiger partial charge in [-0.2, -0.15) is 0 Å². The average molecular weight is 781 g/mol. The van der Waals surface area contributed by atoms with Crippen LogP contribution in [0.3, 0.4) is 0 Å². The molecule has 9 heteroatoms. The maximum atomic E-state index is 12.7. The first kappa shape index (κ1) is 52.0. The van der Waals surface area contributed by atoms with Crippen molar-refractivity contribution in [1.82, 2.24) is 10.6 Å². The number of allylic oxidation sites excluding steroid dienone is 13. The number of rotatable bonds is 37. The van der Waals surface area contributed by atoms with Crippen molar-refractivity contribution in [2.45, 2.75) is 174 Å². The van der Waals surface area contributed by atoms with Gasteiger partial charge in [-0.25, -0.2) is 4.79 Å². The lowest BCUT2D eigenvalue weighted by Gasteiger charge is -2.15. The summed E-state index contributed by atoms with van der Waals surface area (Å²) in [6, 6.07) is -1.39. The largest absolute Gasteiger partial charge is 0.480 e. The van der Waals surface area contributed by atoms with Crippen LogP contribution in [-0.4, -0.2) is 59.3 Å². The van der Waals surface area contributed by atoms with Crippen molar-refractivity contribution < 1.29 is 34.1 Å². The minimum atomic E-state index is -1.39. The van der Waals surface area contributed by atoms with Crippen LogP contribution in [0.15, 0.2) is 85.1 Å². The Labute approximate surface area is 339 Å². The molecule has 0 bridgehead atoms. The predicted octanol–water partition coefficient (Wildman–Crippen LogP) is 10.5. The number of carboxylic acids is 1. The molecule has 9 nitrogen and oxygen atoms in total. The highest BCUT2D eigenvalue weighted by atomic mass is 16.5. The lowest BCUT2D eigenvalue weighted by Crippen LogP contribution is -2.47. The molecule has 0 aromatic rings. The molecule has 316 valence electrons. The third kappa shape index (κ3) is 37.0. The summed E-state index contributed by atoms with van der Waals surface area (Å²) in [6.45, 7) is 3.23. The molecular formula is C47H76N2O7. The third-order valence-electron chi connectivity index (χ3n) is 8.87. The highest BCUT2D eigenvalue weighted by molar-refractivity contribution is 5.87. The van der Waals surface area contributed by atoms with Crippen LogP contribution in [0.2, 0.25) is 0 Å². The van der Waals surface area contributed by atoms with Crippen molar-refractivity contribution in [3.8, 4) is 0 Å². The van der Waals surface area contributed by atoms with E-state index in [9.17, 15) is 19.2 Å². The van der Waals surface area contributed by atoms with Crippen molar-refractivity contribution in [2.24, 2.45) is 0 Å². The first-order valence-corrected chi connectivity index (χ1v) is 21.5. The fourth-order valence-corrected chi connectivity index (χ4v) is 5.64. The van der Waals surface area contributed by atoms with Gasteiger partial charge < -0.3 is 25.6 Å². The molecule has 0 radical (unpaired) electrons. The second kappa shape index (κ2) is 40.7. The summed E-state index contributed by atoms with van der Waals surface area (Å²) in [7, 11) is 0. The average Bonchev–Trinajstić information content (AvgIpc) is 3.18.